The van der Waals surface area contributed by atoms with Gasteiger partial charge in [-0.25, -0.2) is 9.78 Å². The van der Waals surface area contributed by atoms with Gasteiger partial charge in [0, 0.05) is 10.3 Å². The van der Waals surface area contributed by atoms with Crippen molar-refractivity contribution >= 4 is 50.9 Å². The van der Waals surface area contributed by atoms with E-state index in [4.69, 9.17) is 4.74 Å². The number of fused-ring (bicyclic) bond motifs is 2. The van der Waals surface area contributed by atoms with Gasteiger partial charge >= 0.3 is 5.97 Å². The van der Waals surface area contributed by atoms with Crippen LogP contribution in [-0.2, 0) is 22.4 Å². The molecule has 2 aromatic heterocycles. The van der Waals surface area contributed by atoms with E-state index in [0.29, 0.717) is 23.1 Å². The molecule has 0 saturated heterocycles. The van der Waals surface area contributed by atoms with Crippen molar-refractivity contribution in [3.8, 4) is 0 Å². The molecule has 3 aromatic rings. The molecular formula is C24H26N2O3S2. The number of hydrogen-bond donors (Lipinski definition) is 1. The Kier molecular flexibility index (Phi) is 6.62. The van der Waals surface area contributed by atoms with Gasteiger partial charge in [-0.05, 0) is 62.3 Å². The Balaban J connectivity index is 1.50. The number of hydrogen-bond acceptors (Lipinski definition) is 6. The zero-order valence-corrected chi connectivity index (χ0v) is 19.6. The minimum absolute atomic E-state index is 0.144. The number of carbonyl (C=O) groups is 2. The lowest BCUT2D eigenvalue weighted by Crippen LogP contribution is -2.17. The molecule has 0 bridgehead atoms. The first-order chi connectivity index (χ1) is 15.0. The largest absolute Gasteiger partial charge is 0.462 e. The Hall–Kier alpha value is -2.38. The van der Waals surface area contributed by atoms with Crippen molar-refractivity contribution in [3.63, 3.8) is 0 Å². The third-order valence-corrected chi connectivity index (χ3v) is 7.58. The molecule has 162 valence electrons. The summed E-state index contributed by atoms with van der Waals surface area (Å²) in [5.74, 6) is 0.327. The number of para-hydroxylation sites is 1. The number of thiophene rings is 1. The molecule has 1 aliphatic carbocycles. The van der Waals surface area contributed by atoms with Crippen molar-refractivity contribution in [2.75, 3.05) is 17.7 Å². The van der Waals surface area contributed by atoms with Crippen LogP contribution in [-0.4, -0.2) is 29.2 Å². The number of pyridine rings is 1. The molecule has 4 rings (SSSR count). The van der Waals surface area contributed by atoms with Gasteiger partial charge in [-0.2, -0.15) is 0 Å². The number of benzene rings is 1. The van der Waals surface area contributed by atoms with E-state index in [9.17, 15) is 9.59 Å². The first kappa shape index (κ1) is 21.8. The minimum Gasteiger partial charge on any atom is -0.462 e. The molecule has 1 atom stereocenters. The monoisotopic (exact) mass is 454 g/mol. The number of nitrogens with one attached hydrogen (secondary N) is 1. The molecule has 1 aliphatic rings. The van der Waals surface area contributed by atoms with Crippen LogP contribution in [0.3, 0.4) is 0 Å². The van der Waals surface area contributed by atoms with E-state index in [1.807, 2.05) is 24.3 Å². The maximum atomic E-state index is 12.7. The Morgan fingerprint density at radius 2 is 2.13 bits per heavy atom. The number of amides is 1. The fourth-order valence-corrected chi connectivity index (χ4v) is 6.14. The first-order valence-electron chi connectivity index (χ1n) is 10.6. The van der Waals surface area contributed by atoms with Crippen LogP contribution in [0.2, 0.25) is 0 Å². The zero-order valence-electron chi connectivity index (χ0n) is 18.0. The van der Waals surface area contributed by atoms with Crippen LogP contribution in [0, 0.1) is 12.8 Å². The second-order valence-electron chi connectivity index (χ2n) is 7.91. The molecule has 0 radical (unpaired) electrons. The summed E-state index contributed by atoms with van der Waals surface area (Å²) in [4.78, 5) is 31.2. The summed E-state index contributed by atoms with van der Waals surface area (Å²) >= 11 is 2.92. The van der Waals surface area contributed by atoms with Crippen LogP contribution in [0.4, 0.5) is 5.00 Å². The average molecular weight is 455 g/mol. The summed E-state index contributed by atoms with van der Waals surface area (Å²) in [6.45, 7) is 6.39. The van der Waals surface area contributed by atoms with Gasteiger partial charge in [0.25, 0.3) is 0 Å². The molecule has 1 unspecified atom stereocenters. The second kappa shape index (κ2) is 9.40. The Labute approximate surface area is 190 Å². The van der Waals surface area contributed by atoms with Crippen LogP contribution in [0.5, 0.6) is 0 Å². The molecule has 1 N–H and O–H groups in total. The third-order valence-electron chi connectivity index (χ3n) is 5.49. The number of aryl methyl sites for hydroxylation is 1. The van der Waals surface area contributed by atoms with Crippen LogP contribution in [0.15, 0.2) is 35.4 Å². The molecular weight excluding hydrogens is 428 g/mol. The van der Waals surface area contributed by atoms with Crippen LogP contribution in [0.25, 0.3) is 10.9 Å². The highest BCUT2D eigenvalue weighted by Gasteiger charge is 2.29. The minimum atomic E-state index is -0.343. The number of rotatable bonds is 6. The van der Waals surface area contributed by atoms with E-state index in [1.165, 1.54) is 28.0 Å². The van der Waals surface area contributed by atoms with Gasteiger partial charge in [-0.15, -0.1) is 11.3 Å². The van der Waals surface area contributed by atoms with Gasteiger partial charge in [0.05, 0.1) is 28.5 Å². The Bertz CT molecular complexity index is 1140. The van der Waals surface area contributed by atoms with Crippen molar-refractivity contribution in [2.45, 2.75) is 45.1 Å². The summed E-state index contributed by atoms with van der Waals surface area (Å²) in [7, 11) is 0. The molecule has 1 amide bonds. The second-order valence-corrected chi connectivity index (χ2v) is 10.0. The summed E-state index contributed by atoms with van der Waals surface area (Å²) in [6.07, 6.45) is 2.84. The molecule has 7 heteroatoms. The lowest BCUT2D eigenvalue weighted by molar-refractivity contribution is -0.113. The highest BCUT2D eigenvalue weighted by atomic mass is 32.2. The van der Waals surface area contributed by atoms with E-state index in [-0.39, 0.29) is 17.6 Å². The molecule has 1 aromatic carbocycles. The first-order valence-corrected chi connectivity index (χ1v) is 12.4. The van der Waals surface area contributed by atoms with Crippen molar-refractivity contribution in [3.05, 3.63) is 51.9 Å². The molecule has 0 aliphatic heterocycles. The van der Waals surface area contributed by atoms with Crippen molar-refractivity contribution < 1.29 is 14.3 Å². The Morgan fingerprint density at radius 3 is 2.94 bits per heavy atom. The number of thioether (sulfide) groups is 1. The number of anilines is 1. The van der Waals surface area contributed by atoms with Crippen LogP contribution < -0.4 is 5.32 Å². The maximum Gasteiger partial charge on any atom is 0.341 e. The average Bonchev–Trinajstić information content (AvgIpc) is 3.09. The normalized spacial score (nSPS) is 15.5. The van der Waals surface area contributed by atoms with E-state index >= 15 is 0 Å². The predicted molar refractivity (Wildman–Crippen MR) is 127 cm³/mol. The quantitative estimate of drug-likeness (QED) is 0.386. The molecule has 2 heterocycles. The lowest BCUT2D eigenvalue weighted by Gasteiger charge is -2.18. The molecule has 0 fully saturated rings. The summed E-state index contributed by atoms with van der Waals surface area (Å²) in [6, 6.07) is 10.0. The van der Waals surface area contributed by atoms with E-state index in [0.717, 1.165) is 46.3 Å². The smallest absolute Gasteiger partial charge is 0.341 e. The molecule has 31 heavy (non-hydrogen) atoms. The number of carbonyl (C=O) groups excluding carboxylic acids is 2. The van der Waals surface area contributed by atoms with Crippen molar-refractivity contribution in [1.82, 2.24) is 4.98 Å². The third kappa shape index (κ3) is 4.77. The highest BCUT2D eigenvalue weighted by molar-refractivity contribution is 7.99. The predicted octanol–water partition coefficient (Wildman–Crippen LogP) is 5.64. The summed E-state index contributed by atoms with van der Waals surface area (Å²) in [5, 5.41) is 5.53. The van der Waals surface area contributed by atoms with Crippen molar-refractivity contribution in [2.24, 2.45) is 5.92 Å². The fourth-order valence-electron chi connectivity index (χ4n) is 3.95. The van der Waals surface area contributed by atoms with Gasteiger partial charge in [-0.3, -0.25) is 4.79 Å². The van der Waals surface area contributed by atoms with E-state index in [1.54, 1.807) is 6.92 Å². The summed E-state index contributed by atoms with van der Waals surface area (Å²) < 4.78 is 5.29. The number of aromatic nitrogens is 1. The SMILES string of the molecule is CCOC(=O)c1c(NC(=O)CSc2cc(C)c3ccccc3n2)sc2c1CCC(C)C2. The van der Waals surface area contributed by atoms with E-state index < -0.39 is 0 Å². The van der Waals surface area contributed by atoms with Gasteiger partial charge in [-0.1, -0.05) is 36.9 Å². The standard InChI is InChI=1S/C24H26N2O3S2/c1-4-29-24(28)22-17-10-9-14(2)11-19(17)31-23(22)26-20(27)13-30-21-12-15(3)16-7-5-6-8-18(16)25-21/h5-8,12,14H,4,9-11,13H2,1-3H3,(H,26,27). The molecule has 0 spiro atoms. The van der Waals surface area contributed by atoms with E-state index in [2.05, 4.69) is 30.2 Å². The topological polar surface area (TPSA) is 68.3 Å². The van der Waals surface area contributed by atoms with Gasteiger partial charge in [0.2, 0.25) is 5.91 Å². The fraction of sp³-hybridized carbons (Fsp3) is 0.375. The van der Waals surface area contributed by atoms with Crippen LogP contribution >= 0.6 is 23.1 Å². The molecule has 5 nitrogen and oxygen atoms in total. The number of esters is 1. The zero-order chi connectivity index (χ0) is 22.0. The maximum absolute atomic E-state index is 12.7. The molecule has 0 saturated carbocycles. The number of ether oxygens (including phenoxy) is 1. The van der Waals surface area contributed by atoms with Crippen LogP contribution in [0.1, 0.15) is 46.6 Å². The van der Waals surface area contributed by atoms with Gasteiger partial charge in [0.15, 0.2) is 0 Å². The highest BCUT2D eigenvalue weighted by Crippen LogP contribution is 2.40. The lowest BCUT2D eigenvalue weighted by atomic mass is 9.88. The Morgan fingerprint density at radius 1 is 1.32 bits per heavy atom. The number of nitrogens with zero attached hydrogens (tertiary/aromatic N) is 1. The van der Waals surface area contributed by atoms with Crippen molar-refractivity contribution in [1.29, 1.82) is 0 Å². The van der Waals surface area contributed by atoms with Gasteiger partial charge < -0.3 is 10.1 Å². The summed E-state index contributed by atoms with van der Waals surface area (Å²) in [5.41, 5.74) is 3.66. The van der Waals surface area contributed by atoms with Gasteiger partial charge in [0.1, 0.15) is 5.00 Å².